The lowest BCUT2D eigenvalue weighted by Crippen LogP contribution is -2.13. The molecule has 0 saturated heterocycles. The number of hydrogen-bond donors (Lipinski definition) is 2. The first-order valence-electron chi connectivity index (χ1n) is 8.01. The average Bonchev–Trinajstić information content (AvgIpc) is 3.00. The van der Waals surface area contributed by atoms with E-state index in [9.17, 15) is 9.59 Å². The topological polar surface area (TPSA) is 84.0 Å². The van der Waals surface area contributed by atoms with Gasteiger partial charge in [0.15, 0.2) is 10.1 Å². The molecule has 2 rings (SSSR count). The minimum Gasteiger partial charge on any atom is -0.360 e. The molecule has 0 aliphatic rings. The second-order valence-electron chi connectivity index (χ2n) is 6.03. The normalized spacial score (nSPS) is 12.0. The molecule has 1 amide bonds. The zero-order valence-electron chi connectivity index (χ0n) is 14.7. The number of ketones is 1. The summed E-state index contributed by atoms with van der Waals surface area (Å²) in [6, 6.07) is 6.90. The van der Waals surface area contributed by atoms with Gasteiger partial charge in [0.25, 0.3) is 0 Å². The van der Waals surface area contributed by atoms with Crippen LogP contribution >= 0.6 is 23.1 Å². The van der Waals surface area contributed by atoms with Crippen LogP contribution in [0.25, 0.3) is 0 Å². The van der Waals surface area contributed by atoms with E-state index in [1.165, 1.54) is 30.0 Å². The molecule has 1 aromatic heterocycles. The fraction of sp³-hybridized carbons (Fsp3) is 0.412. The molecule has 0 saturated carbocycles. The summed E-state index contributed by atoms with van der Waals surface area (Å²) in [4.78, 5) is 23.6. The highest BCUT2D eigenvalue weighted by atomic mass is 32.2. The Labute approximate surface area is 155 Å². The number of anilines is 2. The molecule has 0 fully saturated rings. The van der Waals surface area contributed by atoms with Crippen molar-refractivity contribution in [1.82, 2.24) is 10.2 Å². The van der Waals surface area contributed by atoms with Gasteiger partial charge in [-0.3, -0.25) is 9.59 Å². The molecule has 0 aliphatic carbocycles. The van der Waals surface area contributed by atoms with Crippen LogP contribution in [-0.4, -0.2) is 33.7 Å². The Hall–Kier alpha value is -1.93. The quantitative estimate of drug-likeness (QED) is 0.535. The zero-order chi connectivity index (χ0) is 18.4. The van der Waals surface area contributed by atoms with Crippen molar-refractivity contribution < 1.29 is 9.59 Å². The highest BCUT2D eigenvalue weighted by Crippen LogP contribution is 2.30. The van der Waals surface area contributed by atoms with Crippen LogP contribution in [0.3, 0.4) is 0 Å². The standard InChI is InChI=1S/C17H22N4O2S2/c1-10(2)9-18-16-20-21-17(25-16)24-11(3)15(23)13-5-7-14(8-6-13)19-12(4)22/h5-8,10-11H,9H2,1-4H3,(H,18,20)(H,19,22)/t11-/m0/s1. The monoisotopic (exact) mass is 378 g/mol. The number of thioether (sulfide) groups is 1. The van der Waals surface area contributed by atoms with Crippen LogP contribution < -0.4 is 10.6 Å². The van der Waals surface area contributed by atoms with Gasteiger partial charge in [-0.05, 0) is 37.1 Å². The summed E-state index contributed by atoms with van der Waals surface area (Å²) in [5, 5.41) is 14.6. The third-order valence-corrected chi connectivity index (χ3v) is 5.27. The van der Waals surface area contributed by atoms with Crippen LogP contribution in [-0.2, 0) is 4.79 Å². The summed E-state index contributed by atoms with van der Waals surface area (Å²) < 4.78 is 0.766. The van der Waals surface area contributed by atoms with Crippen LogP contribution in [0, 0.1) is 5.92 Å². The average molecular weight is 379 g/mol. The molecular weight excluding hydrogens is 356 g/mol. The fourth-order valence-corrected chi connectivity index (χ4v) is 3.96. The Morgan fingerprint density at radius 2 is 1.84 bits per heavy atom. The Kier molecular flexibility index (Phi) is 6.95. The van der Waals surface area contributed by atoms with Crippen molar-refractivity contribution in [1.29, 1.82) is 0 Å². The lowest BCUT2D eigenvalue weighted by atomic mass is 10.1. The predicted molar refractivity (Wildman–Crippen MR) is 104 cm³/mol. The first kappa shape index (κ1) is 19.4. The number of carbonyl (C=O) groups excluding carboxylic acids is 2. The molecule has 1 heterocycles. The van der Waals surface area contributed by atoms with E-state index < -0.39 is 0 Å². The van der Waals surface area contributed by atoms with E-state index in [0.29, 0.717) is 17.2 Å². The summed E-state index contributed by atoms with van der Waals surface area (Å²) in [6.07, 6.45) is 0. The minimum atomic E-state index is -0.266. The van der Waals surface area contributed by atoms with Crippen molar-refractivity contribution in [2.24, 2.45) is 5.92 Å². The van der Waals surface area contributed by atoms with Gasteiger partial charge >= 0.3 is 0 Å². The fourth-order valence-electron chi connectivity index (χ4n) is 1.98. The number of carbonyl (C=O) groups is 2. The molecule has 0 unspecified atom stereocenters. The number of benzene rings is 1. The van der Waals surface area contributed by atoms with Gasteiger partial charge in [-0.15, -0.1) is 10.2 Å². The van der Waals surface area contributed by atoms with Crippen molar-refractivity contribution in [3.63, 3.8) is 0 Å². The second kappa shape index (κ2) is 8.96. The molecule has 2 aromatic rings. The maximum Gasteiger partial charge on any atom is 0.221 e. The highest BCUT2D eigenvalue weighted by Gasteiger charge is 2.19. The van der Waals surface area contributed by atoms with Gasteiger partial charge < -0.3 is 10.6 Å². The van der Waals surface area contributed by atoms with E-state index >= 15 is 0 Å². The number of rotatable bonds is 8. The van der Waals surface area contributed by atoms with Crippen molar-refractivity contribution in [3.05, 3.63) is 29.8 Å². The predicted octanol–water partition coefficient (Wildman–Crippen LogP) is 3.93. The van der Waals surface area contributed by atoms with Crippen molar-refractivity contribution in [2.45, 2.75) is 37.3 Å². The van der Waals surface area contributed by atoms with Crippen LogP contribution in [0.15, 0.2) is 28.6 Å². The van der Waals surface area contributed by atoms with Crippen LogP contribution in [0.2, 0.25) is 0 Å². The van der Waals surface area contributed by atoms with E-state index in [-0.39, 0.29) is 16.9 Å². The summed E-state index contributed by atoms with van der Waals surface area (Å²) in [5.41, 5.74) is 1.28. The van der Waals surface area contributed by atoms with E-state index in [4.69, 9.17) is 0 Å². The zero-order valence-corrected chi connectivity index (χ0v) is 16.3. The summed E-state index contributed by atoms with van der Waals surface area (Å²) in [7, 11) is 0. The maximum absolute atomic E-state index is 12.5. The van der Waals surface area contributed by atoms with Gasteiger partial charge in [-0.1, -0.05) is 36.9 Å². The Bertz CT molecular complexity index is 729. The molecule has 0 aliphatic heterocycles. The lowest BCUT2D eigenvalue weighted by molar-refractivity contribution is -0.114. The third-order valence-electron chi connectivity index (χ3n) is 3.20. The van der Waals surface area contributed by atoms with Gasteiger partial charge in [0.05, 0.1) is 5.25 Å². The van der Waals surface area contributed by atoms with Gasteiger partial charge in [-0.25, -0.2) is 0 Å². The largest absolute Gasteiger partial charge is 0.360 e. The number of aromatic nitrogens is 2. The number of amides is 1. The number of hydrogen-bond acceptors (Lipinski definition) is 7. The molecule has 1 aromatic carbocycles. The van der Waals surface area contributed by atoms with Crippen LogP contribution in [0.1, 0.15) is 38.1 Å². The summed E-state index contributed by atoms with van der Waals surface area (Å²) >= 11 is 2.86. The summed E-state index contributed by atoms with van der Waals surface area (Å²) in [6.45, 7) is 8.40. The van der Waals surface area contributed by atoms with Crippen molar-refractivity contribution in [2.75, 3.05) is 17.2 Å². The molecule has 6 nitrogen and oxygen atoms in total. The maximum atomic E-state index is 12.5. The first-order valence-corrected chi connectivity index (χ1v) is 9.70. The Morgan fingerprint density at radius 3 is 2.44 bits per heavy atom. The van der Waals surface area contributed by atoms with E-state index in [2.05, 4.69) is 34.7 Å². The smallest absolute Gasteiger partial charge is 0.221 e. The van der Waals surface area contributed by atoms with Gasteiger partial charge in [0.1, 0.15) is 0 Å². The van der Waals surface area contributed by atoms with Gasteiger partial charge in [0, 0.05) is 24.7 Å². The van der Waals surface area contributed by atoms with E-state index in [0.717, 1.165) is 16.0 Å². The SMILES string of the molecule is CC(=O)Nc1ccc(C(=O)[C@H](C)Sc2nnc(NCC(C)C)s2)cc1. The van der Waals surface area contributed by atoms with Gasteiger partial charge in [0.2, 0.25) is 11.0 Å². The molecule has 0 radical (unpaired) electrons. The molecule has 2 N–H and O–H groups in total. The molecule has 0 spiro atoms. The number of nitrogens with zero attached hydrogens (tertiary/aromatic N) is 2. The number of Topliss-reactive ketones (excluding diaryl/α,β-unsaturated/α-hetero) is 1. The van der Waals surface area contributed by atoms with E-state index in [1.54, 1.807) is 24.3 Å². The minimum absolute atomic E-state index is 0.0197. The molecule has 8 heteroatoms. The molecule has 1 atom stereocenters. The van der Waals surface area contributed by atoms with Crippen molar-refractivity contribution >= 4 is 45.6 Å². The summed E-state index contributed by atoms with van der Waals surface area (Å²) in [5.74, 6) is 0.411. The Balaban J connectivity index is 1.94. The highest BCUT2D eigenvalue weighted by molar-refractivity contribution is 8.02. The third kappa shape index (κ3) is 6.13. The molecule has 134 valence electrons. The molecular formula is C17H22N4O2S2. The van der Waals surface area contributed by atoms with E-state index in [1.807, 2.05) is 6.92 Å². The molecule has 0 bridgehead atoms. The van der Waals surface area contributed by atoms with Crippen molar-refractivity contribution in [3.8, 4) is 0 Å². The van der Waals surface area contributed by atoms with Crippen LogP contribution in [0.4, 0.5) is 10.8 Å². The Morgan fingerprint density at radius 1 is 1.16 bits per heavy atom. The molecule has 25 heavy (non-hydrogen) atoms. The first-order chi connectivity index (χ1) is 11.8. The second-order valence-corrected chi connectivity index (χ2v) is 8.60. The number of nitrogens with one attached hydrogen (secondary N) is 2. The lowest BCUT2D eigenvalue weighted by Gasteiger charge is -2.09. The van der Waals surface area contributed by atoms with Crippen LogP contribution in [0.5, 0.6) is 0 Å². The van der Waals surface area contributed by atoms with Gasteiger partial charge in [-0.2, -0.15) is 0 Å².